The summed E-state index contributed by atoms with van der Waals surface area (Å²) < 4.78 is 5.04. The number of furan rings is 1. The van der Waals surface area contributed by atoms with Gasteiger partial charge in [0.1, 0.15) is 12.1 Å². The molecule has 0 radical (unpaired) electrons. The van der Waals surface area contributed by atoms with Crippen molar-refractivity contribution in [1.29, 1.82) is 0 Å². The van der Waals surface area contributed by atoms with Crippen molar-refractivity contribution in [1.82, 2.24) is 25.1 Å². The second-order valence-corrected chi connectivity index (χ2v) is 5.80. The molecule has 122 valence electrons. The first kappa shape index (κ1) is 14.6. The molecule has 0 aromatic carbocycles. The average molecular weight is 323 g/mol. The minimum atomic E-state index is -0.0933. The maximum absolute atomic E-state index is 12.7. The topological polar surface area (TPSA) is 87.9 Å². The summed E-state index contributed by atoms with van der Waals surface area (Å²) in [5.41, 5.74) is 1.46. The number of nitrogens with zero attached hydrogens (tertiary/aromatic N) is 4. The third kappa shape index (κ3) is 2.68. The maximum atomic E-state index is 12.7. The summed E-state index contributed by atoms with van der Waals surface area (Å²) in [5.74, 6) is 1.31. The highest BCUT2D eigenvalue weighted by Gasteiger charge is 2.31. The number of H-pyrrole nitrogens is 1. The van der Waals surface area contributed by atoms with E-state index >= 15 is 0 Å². The number of piperidine rings is 1. The third-order valence-electron chi connectivity index (χ3n) is 4.29. The van der Waals surface area contributed by atoms with Crippen LogP contribution in [0.2, 0.25) is 0 Å². The number of carbonyl (C=O) groups is 1. The molecule has 24 heavy (non-hydrogen) atoms. The van der Waals surface area contributed by atoms with Gasteiger partial charge in [0.25, 0.3) is 5.91 Å². The molecule has 4 rings (SSSR count). The molecule has 4 heterocycles. The molecule has 1 aliphatic heterocycles. The van der Waals surface area contributed by atoms with Crippen LogP contribution in [0.3, 0.4) is 0 Å². The van der Waals surface area contributed by atoms with Crippen molar-refractivity contribution in [3.8, 4) is 11.4 Å². The van der Waals surface area contributed by atoms with Crippen LogP contribution in [0.4, 0.5) is 0 Å². The van der Waals surface area contributed by atoms with Gasteiger partial charge in [-0.25, -0.2) is 4.98 Å². The first-order valence-electron chi connectivity index (χ1n) is 7.99. The highest BCUT2D eigenvalue weighted by molar-refractivity contribution is 5.94. The van der Waals surface area contributed by atoms with Crippen molar-refractivity contribution in [2.45, 2.75) is 25.3 Å². The third-order valence-corrected chi connectivity index (χ3v) is 4.29. The fourth-order valence-electron chi connectivity index (χ4n) is 3.06. The number of nitrogens with one attached hydrogen (secondary N) is 1. The number of rotatable bonds is 3. The minimum Gasteiger partial charge on any atom is -0.472 e. The van der Waals surface area contributed by atoms with E-state index in [1.807, 2.05) is 17.0 Å². The molecule has 1 N–H and O–H groups in total. The van der Waals surface area contributed by atoms with Crippen molar-refractivity contribution >= 4 is 5.91 Å². The number of pyridine rings is 1. The van der Waals surface area contributed by atoms with E-state index in [2.05, 4.69) is 20.2 Å². The van der Waals surface area contributed by atoms with Gasteiger partial charge in [0, 0.05) is 24.5 Å². The van der Waals surface area contributed by atoms with Gasteiger partial charge in [-0.1, -0.05) is 0 Å². The Morgan fingerprint density at radius 1 is 1.25 bits per heavy atom. The number of hydrogen-bond donors (Lipinski definition) is 1. The molecule has 1 aliphatic rings. The molecule has 1 unspecified atom stereocenters. The second kappa shape index (κ2) is 6.27. The lowest BCUT2D eigenvalue weighted by Crippen LogP contribution is -2.38. The Hall–Kier alpha value is -2.96. The summed E-state index contributed by atoms with van der Waals surface area (Å²) >= 11 is 0. The van der Waals surface area contributed by atoms with Gasteiger partial charge in [-0.15, -0.1) is 0 Å². The highest BCUT2D eigenvalue weighted by atomic mass is 16.3. The number of carbonyl (C=O) groups excluding carboxylic acids is 1. The monoisotopic (exact) mass is 323 g/mol. The molecule has 0 saturated carbocycles. The van der Waals surface area contributed by atoms with Crippen molar-refractivity contribution in [3.05, 3.63) is 54.5 Å². The van der Waals surface area contributed by atoms with Crippen molar-refractivity contribution < 1.29 is 9.21 Å². The maximum Gasteiger partial charge on any atom is 0.257 e. The Bertz CT molecular complexity index is 813. The Labute approximate surface area is 138 Å². The number of aromatic nitrogens is 4. The van der Waals surface area contributed by atoms with Crippen molar-refractivity contribution in [3.63, 3.8) is 0 Å². The van der Waals surface area contributed by atoms with E-state index in [0.29, 0.717) is 17.9 Å². The van der Waals surface area contributed by atoms with E-state index in [1.54, 1.807) is 18.5 Å². The van der Waals surface area contributed by atoms with Gasteiger partial charge < -0.3 is 9.32 Å². The Balaban J connectivity index is 1.62. The van der Waals surface area contributed by atoms with Gasteiger partial charge >= 0.3 is 0 Å². The van der Waals surface area contributed by atoms with Crippen molar-refractivity contribution in [2.24, 2.45) is 0 Å². The number of aromatic amines is 1. The first-order valence-corrected chi connectivity index (χ1v) is 7.99. The van der Waals surface area contributed by atoms with Gasteiger partial charge in [0.15, 0.2) is 5.82 Å². The van der Waals surface area contributed by atoms with Gasteiger partial charge in [-0.2, -0.15) is 5.10 Å². The summed E-state index contributed by atoms with van der Waals surface area (Å²) in [6.45, 7) is 0.708. The van der Waals surface area contributed by atoms with Gasteiger partial charge in [-0.3, -0.25) is 14.9 Å². The fourth-order valence-corrected chi connectivity index (χ4v) is 3.06. The molecule has 3 aromatic heterocycles. The van der Waals surface area contributed by atoms with Crippen LogP contribution < -0.4 is 0 Å². The van der Waals surface area contributed by atoms with Gasteiger partial charge in [-0.05, 0) is 37.5 Å². The molecule has 3 aromatic rings. The highest BCUT2D eigenvalue weighted by Crippen LogP contribution is 2.31. The Kier molecular flexibility index (Phi) is 3.82. The van der Waals surface area contributed by atoms with E-state index in [1.165, 1.54) is 12.5 Å². The summed E-state index contributed by atoms with van der Waals surface area (Å²) in [7, 11) is 0. The van der Waals surface area contributed by atoms with E-state index in [0.717, 1.165) is 30.7 Å². The fraction of sp³-hybridized carbons (Fsp3) is 0.294. The van der Waals surface area contributed by atoms with E-state index in [-0.39, 0.29) is 11.9 Å². The molecule has 0 spiro atoms. The van der Waals surface area contributed by atoms with Gasteiger partial charge in [0.05, 0.1) is 17.9 Å². The SMILES string of the molecule is O=C(c1ccoc1)N1CCCCC1c1nc(-c2ccncc2)n[nH]1. The molecule has 1 fully saturated rings. The quantitative estimate of drug-likeness (QED) is 0.800. The zero-order valence-corrected chi connectivity index (χ0v) is 13.1. The lowest BCUT2D eigenvalue weighted by atomic mass is 10.0. The summed E-state index contributed by atoms with van der Waals surface area (Å²) in [5, 5.41) is 7.30. The van der Waals surface area contributed by atoms with Crippen molar-refractivity contribution in [2.75, 3.05) is 6.54 Å². The van der Waals surface area contributed by atoms with Crippen LogP contribution in [-0.2, 0) is 0 Å². The smallest absolute Gasteiger partial charge is 0.257 e. The summed E-state index contributed by atoms with van der Waals surface area (Å²) in [4.78, 5) is 23.2. The Morgan fingerprint density at radius 2 is 2.12 bits per heavy atom. The van der Waals surface area contributed by atoms with E-state index < -0.39 is 0 Å². The zero-order chi connectivity index (χ0) is 16.4. The van der Waals surface area contributed by atoms with Crippen LogP contribution in [0.15, 0.2) is 47.5 Å². The van der Waals surface area contributed by atoms with Crippen LogP contribution in [0.1, 0.15) is 41.5 Å². The predicted octanol–water partition coefficient (Wildman–Crippen LogP) is 2.83. The van der Waals surface area contributed by atoms with E-state index in [4.69, 9.17) is 4.42 Å². The zero-order valence-electron chi connectivity index (χ0n) is 13.1. The molecule has 7 heteroatoms. The van der Waals surface area contributed by atoms with Crippen LogP contribution >= 0.6 is 0 Å². The molecule has 0 aliphatic carbocycles. The number of hydrogen-bond acceptors (Lipinski definition) is 5. The minimum absolute atomic E-state index is 0.0321. The van der Waals surface area contributed by atoms with E-state index in [9.17, 15) is 4.79 Å². The molecule has 0 bridgehead atoms. The van der Waals surface area contributed by atoms with Gasteiger partial charge in [0.2, 0.25) is 0 Å². The molecule has 7 nitrogen and oxygen atoms in total. The number of amides is 1. The van der Waals surface area contributed by atoms with Crippen LogP contribution in [-0.4, -0.2) is 37.5 Å². The second-order valence-electron chi connectivity index (χ2n) is 5.80. The first-order chi connectivity index (χ1) is 11.8. The van der Waals surface area contributed by atoms with Crippen LogP contribution in [0, 0.1) is 0 Å². The molecule has 1 amide bonds. The molecule has 1 atom stereocenters. The van der Waals surface area contributed by atoms with Crippen LogP contribution in [0.25, 0.3) is 11.4 Å². The van der Waals surface area contributed by atoms with Crippen LogP contribution in [0.5, 0.6) is 0 Å². The summed E-state index contributed by atoms with van der Waals surface area (Å²) in [6, 6.07) is 5.32. The summed E-state index contributed by atoms with van der Waals surface area (Å²) in [6.07, 6.45) is 9.34. The normalized spacial score (nSPS) is 17.8. The number of likely N-dealkylation sites (tertiary alicyclic amines) is 1. The lowest BCUT2D eigenvalue weighted by molar-refractivity contribution is 0.0599. The standard InChI is InChI=1S/C17H17N5O2/c23-17(13-6-10-24-11-13)22-9-2-1-3-14(22)16-19-15(20-21-16)12-4-7-18-8-5-12/h4-8,10-11,14H,1-3,9H2,(H,19,20,21). The average Bonchev–Trinajstić information content (AvgIpc) is 3.34. The lowest BCUT2D eigenvalue weighted by Gasteiger charge is -2.34. The predicted molar refractivity (Wildman–Crippen MR) is 86.0 cm³/mol. The Morgan fingerprint density at radius 3 is 2.92 bits per heavy atom. The molecule has 1 saturated heterocycles. The molecular formula is C17H17N5O2. The molecular weight excluding hydrogens is 306 g/mol. The largest absolute Gasteiger partial charge is 0.472 e.